The van der Waals surface area contributed by atoms with Gasteiger partial charge in [0.1, 0.15) is 0 Å². The third-order valence-corrected chi connectivity index (χ3v) is 4.35. The number of hydrogen-bond acceptors (Lipinski definition) is 3. The van der Waals surface area contributed by atoms with Crippen LogP contribution in [0.15, 0.2) is 58.6 Å². The molecule has 1 aliphatic rings. The van der Waals surface area contributed by atoms with Crippen molar-refractivity contribution >= 4 is 17.9 Å². The van der Waals surface area contributed by atoms with Gasteiger partial charge >= 0.3 is 5.97 Å². The fraction of sp³-hybridized carbons (Fsp3) is 0.400. The second-order valence-electron chi connectivity index (χ2n) is 5.88. The van der Waals surface area contributed by atoms with E-state index >= 15 is 0 Å². The number of carbonyl (C=O) groups excluding carboxylic acids is 1. The summed E-state index contributed by atoms with van der Waals surface area (Å²) in [5, 5.41) is 0. The molecule has 0 N–H and O–H groups in total. The lowest BCUT2D eigenvalue weighted by Gasteiger charge is -2.34. The van der Waals surface area contributed by atoms with Crippen molar-refractivity contribution in [3.8, 4) is 0 Å². The van der Waals surface area contributed by atoms with E-state index in [2.05, 4.69) is 24.1 Å². The fourth-order valence-corrected chi connectivity index (χ4v) is 2.95. The lowest BCUT2D eigenvalue weighted by atomic mass is 9.70. The van der Waals surface area contributed by atoms with Crippen LogP contribution < -0.4 is 0 Å². The van der Waals surface area contributed by atoms with Gasteiger partial charge in [-0.15, -0.1) is 0 Å². The van der Waals surface area contributed by atoms with E-state index in [1.807, 2.05) is 50.4 Å². The van der Waals surface area contributed by atoms with Gasteiger partial charge in [0.2, 0.25) is 0 Å². The third-order valence-electron chi connectivity index (χ3n) is 4.35. The van der Waals surface area contributed by atoms with Crippen molar-refractivity contribution < 1.29 is 9.53 Å². The number of allylic oxidation sites excluding steroid dienone is 4. The molecule has 0 bridgehead atoms. The Bertz CT molecular complexity index is 628. The maximum absolute atomic E-state index is 12.5. The SMILES string of the molecule is C/C=C1/C=C(C=Nc2ccccc2)CC(CC)(C(=O)OCC)C1. The molecule has 0 aromatic heterocycles. The van der Waals surface area contributed by atoms with Crippen molar-refractivity contribution in [2.45, 2.75) is 40.0 Å². The Morgan fingerprint density at radius 1 is 1.26 bits per heavy atom. The van der Waals surface area contributed by atoms with Gasteiger partial charge in [-0.1, -0.05) is 42.8 Å². The highest BCUT2D eigenvalue weighted by atomic mass is 16.5. The minimum absolute atomic E-state index is 0.0967. The first-order chi connectivity index (χ1) is 11.1. The minimum atomic E-state index is -0.468. The average molecular weight is 311 g/mol. The number of para-hydroxylation sites is 1. The largest absolute Gasteiger partial charge is 0.466 e. The van der Waals surface area contributed by atoms with Crippen molar-refractivity contribution in [3.63, 3.8) is 0 Å². The Kier molecular flexibility index (Phi) is 5.91. The van der Waals surface area contributed by atoms with E-state index in [-0.39, 0.29) is 5.97 Å². The van der Waals surface area contributed by atoms with Gasteiger partial charge in [0.15, 0.2) is 0 Å². The van der Waals surface area contributed by atoms with Gasteiger partial charge in [-0.3, -0.25) is 9.79 Å². The summed E-state index contributed by atoms with van der Waals surface area (Å²) in [7, 11) is 0. The van der Waals surface area contributed by atoms with E-state index in [0.717, 1.165) is 24.1 Å². The van der Waals surface area contributed by atoms with Crippen LogP contribution in [0.5, 0.6) is 0 Å². The zero-order valence-corrected chi connectivity index (χ0v) is 14.2. The molecule has 0 saturated heterocycles. The number of benzene rings is 1. The molecule has 1 atom stereocenters. The van der Waals surface area contributed by atoms with Crippen molar-refractivity contribution in [2.24, 2.45) is 10.4 Å². The van der Waals surface area contributed by atoms with Gasteiger partial charge < -0.3 is 4.74 Å². The molecule has 1 unspecified atom stereocenters. The van der Waals surface area contributed by atoms with Crippen LogP contribution in [0.2, 0.25) is 0 Å². The monoisotopic (exact) mass is 311 g/mol. The van der Waals surface area contributed by atoms with Crippen LogP contribution in [0.3, 0.4) is 0 Å². The summed E-state index contributed by atoms with van der Waals surface area (Å²) in [6.07, 6.45) is 8.26. The lowest BCUT2D eigenvalue weighted by Crippen LogP contribution is -2.35. The molecule has 3 nitrogen and oxygen atoms in total. The predicted molar refractivity (Wildman–Crippen MR) is 95.0 cm³/mol. The first-order valence-electron chi connectivity index (χ1n) is 8.25. The van der Waals surface area contributed by atoms with E-state index in [4.69, 9.17) is 4.74 Å². The molecule has 1 aliphatic carbocycles. The molecule has 3 heteroatoms. The summed E-state index contributed by atoms with van der Waals surface area (Å²) >= 11 is 0. The van der Waals surface area contributed by atoms with E-state index in [1.54, 1.807) is 0 Å². The van der Waals surface area contributed by atoms with Crippen molar-refractivity contribution in [1.82, 2.24) is 0 Å². The summed E-state index contributed by atoms with van der Waals surface area (Å²) in [5.74, 6) is -0.0967. The molecule has 23 heavy (non-hydrogen) atoms. The maximum atomic E-state index is 12.5. The van der Waals surface area contributed by atoms with E-state index in [9.17, 15) is 4.79 Å². The Balaban J connectivity index is 2.27. The fourth-order valence-electron chi connectivity index (χ4n) is 2.95. The number of aliphatic imine (C=N–C) groups is 1. The summed E-state index contributed by atoms with van der Waals surface area (Å²) in [6, 6.07) is 9.84. The van der Waals surface area contributed by atoms with Crippen molar-refractivity contribution in [3.05, 3.63) is 53.6 Å². The lowest BCUT2D eigenvalue weighted by molar-refractivity contribution is -0.155. The summed E-state index contributed by atoms with van der Waals surface area (Å²) in [6.45, 7) is 6.34. The topological polar surface area (TPSA) is 38.7 Å². The van der Waals surface area contributed by atoms with E-state index in [1.165, 1.54) is 5.57 Å². The van der Waals surface area contributed by atoms with Crippen molar-refractivity contribution in [1.29, 1.82) is 0 Å². The molecular formula is C20H25NO2. The average Bonchev–Trinajstić information content (AvgIpc) is 2.60. The molecule has 1 aromatic rings. The number of rotatable bonds is 5. The molecule has 0 spiro atoms. The van der Waals surface area contributed by atoms with E-state index < -0.39 is 5.41 Å². The summed E-state index contributed by atoms with van der Waals surface area (Å²) in [5.41, 5.74) is 2.69. The van der Waals surface area contributed by atoms with E-state index in [0.29, 0.717) is 13.0 Å². The number of esters is 1. The van der Waals surface area contributed by atoms with Crippen LogP contribution in [0, 0.1) is 5.41 Å². The van der Waals surface area contributed by atoms with Gasteiger partial charge in [0.05, 0.1) is 17.7 Å². The van der Waals surface area contributed by atoms with Crippen LogP contribution in [0.1, 0.15) is 40.0 Å². The summed E-state index contributed by atoms with van der Waals surface area (Å²) < 4.78 is 5.34. The Hall–Kier alpha value is -2.16. The van der Waals surface area contributed by atoms with Gasteiger partial charge in [-0.25, -0.2) is 0 Å². The van der Waals surface area contributed by atoms with Gasteiger partial charge in [-0.05, 0) is 50.8 Å². The second kappa shape index (κ2) is 7.91. The summed E-state index contributed by atoms with van der Waals surface area (Å²) in [4.78, 5) is 17.0. The minimum Gasteiger partial charge on any atom is -0.466 e. The maximum Gasteiger partial charge on any atom is 0.312 e. The van der Waals surface area contributed by atoms with Crippen molar-refractivity contribution in [2.75, 3.05) is 6.61 Å². The first-order valence-corrected chi connectivity index (χ1v) is 8.25. The standard InChI is InChI=1S/C20H25NO2/c1-4-16-12-17(15-21-18-10-8-7-9-11-18)14-20(5-2,13-16)19(22)23-6-3/h4,7-12,15H,5-6,13-14H2,1-3H3/b16-4-,21-15?. The van der Waals surface area contributed by atoms with Crippen LogP contribution in [-0.4, -0.2) is 18.8 Å². The number of carbonyl (C=O) groups is 1. The molecule has 0 saturated carbocycles. The molecule has 2 rings (SSSR count). The molecule has 0 fully saturated rings. The highest BCUT2D eigenvalue weighted by Gasteiger charge is 2.41. The molecular weight excluding hydrogens is 286 g/mol. The van der Waals surface area contributed by atoms with Gasteiger partial charge in [0, 0.05) is 6.21 Å². The van der Waals surface area contributed by atoms with Gasteiger partial charge in [-0.2, -0.15) is 0 Å². The smallest absolute Gasteiger partial charge is 0.312 e. The molecule has 0 heterocycles. The zero-order valence-electron chi connectivity index (χ0n) is 14.2. The normalized spacial score (nSPS) is 23.1. The van der Waals surface area contributed by atoms with Gasteiger partial charge in [0.25, 0.3) is 0 Å². The molecule has 0 aliphatic heterocycles. The Morgan fingerprint density at radius 2 is 2.00 bits per heavy atom. The highest BCUT2D eigenvalue weighted by Crippen LogP contribution is 2.42. The number of hydrogen-bond donors (Lipinski definition) is 0. The highest BCUT2D eigenvalue weighted by molar-refractivity contribution is 5.86. The van der Waals surface area contributed by atoms with Crippen LogP contribution in [0.25, 0.3) is 0 Å². The third kappa shape index (κ3) is 4.19. The Morgan fingerprint density at radius 3 is 2.61 bits per heavy atom. The molecule has 122 valence electrons. The zero-order chi connectivity index (χ0) is 16.7. The molecule has 0 amide bonds. The van der Waals surface area contributed by atoms with Crippen LogP contribution in [0.4, 0.5) is 5.69 Å². The second-order valence-corrected chi connectivity index (χ2v) is 5.88. The molecule has 1 aromatic carbocycles. The number of ether oxygens (including phenoxy) is 1. The Labute approximate surface area is 138 Å². The quantitative estimate of drug-likeness (QED) is 0.566. The number of nitrogens with zero attached hydrogens (tertiary/aromatic N) is 1. The van der Waals surface area contributed by atoms with Crippen LogP contribution >= 0.6 is 0 Å². The molecule has 0 radical (unpaired) electrons. The predicted octanol–water partition coefficient (Wildman–Crippen LogP) is 5.01. The first kappa shape index (κ1) is 17.2. The van der Waals surface area contributed by atoms with Crippen LogP contribution in [-0.2, 0) is 9.53 Å².